The number of aryl methyl sites for hydroxylation is 2. The third-order valence-corrected chi connectivity index (χ3v) is 5.60. The van der Waals surface area contributed by atoms with E-state index in [4.69, 9.17) is 4.74 Å². The van der Waals surface area contributed by atoms with Crippen molar-refractivity contribution < 1.29 is 17.9 Å². The first-order chi connectivity index (χ1) is 12.8. The van der Waals surface area contributed by atoms with Crippen LogP contribution in [0.1, 0.15) is 27.0 Å². The van der Waals surface area contributed by atoms with E-state index in [2.05, 4.69) is 16.1 Å². The summed E-state index contributed by atoms with van der Waals surface area (Å²) in [5.41, 5.74) is 3.40. The monoisotopic (exact) mass is 390 g/mol. The van der Waals surface area contributed by atoms with E-state index in [1.54, 1.807) is 13.0 Å². The summed E-state index contributed by atoms with van der Waals surface area (Å²) in [6, 6.07) is 12.7. The maximum Gasteiger partial charge on any atom is 0.251 e. The van der Waals surface area contributed by atoms with Crippen molar-refractivity contribution >= 4 is 15.9 Å². The number of benzene rings is 2. The first-order valence-corrected chi connectivity index (χ1v) is 10.2. The summed E-state index contributed by atoms with van der Waals surface area (Å²) in [7, 11) is -2.18. The van der Waals surface area contributed by atoms with Crippen molar-refractivity contribution in [1.29, 1.82) is 0 Å². The molecule has 2 N–H and O–H groups in total. The fourth-order valence-electron chi connectivity index (χ4n) is 2.66. The van der Waals surface area contributed by atoms with Gasteiger partial charge in [-0.05, 0) is 43.5 Å². The lowest BCUT2D eigenvalue weighted by molar-refractivity contribution is 0.0953. The molecule has 0 aliphatic carbocycles. The molecule has 0 heterocycles. The topological polar surface area (TPSA) is 84.5 Å². The molecule has 0 aromatic heterocycles. The zero-order valence-electron chi connectivity index (χ0n) is 15.9. The Morgan fingerprint density at radius 3 is 2.56 bits per heavy atom. The molecular weight excluding hydrogens is 364 g/mol. The van der Waals surface area contributed by atoms with Crippen LogP contribution in [0.5, 0.6) is 0 Å². The minimum atomic E-state index is -3.68. The highest BCUT2D eigenvalue weighted by Gasteiger charge is 2.17. The Hall–Kier alpha value is -2.22. The van der Waals surface area contributed by atoms with Crippen molar-refractivity contribution in [3.05, 3.63) is 64.7 Å². The smallest absolute Gasteiger partial charge is 0.251 e. The number of carbonyl (C=O) groups is 1. The van der Waals surface area contributed by atoms with Gasteiger partial charge < -0.3 is 10.1 Å². The van der Waals surface area contributed by atoms with Gasteiger partial charge in [0.1, 0.15) is 0 Å². The molecule has 0 aliphatic heterocycles. The van der Waals surface area contributed by atoms with Gasteiger partial charge in [-0.1, -0.05) is 35.9 Å². The predicted molar refractivity (Wildman–Crippen MR) is 105 cm³/mol. The number of rotatable bonds is 9. The number of hydrogen-bond donors (Lipinski definition) is 2. The van der Waals surface area contributed by atoms with Crippen LogP contribution < -0.4 is 10.0 Å². The Morgan fingerprint density at radius 1 is 1.07 bits per heavy atom. The second kappa shape index (κ2) is 9.64. The van der Waals surface area contributed by atoms with Crippen LogP contribution in [-0.4, -0.2) is 41.1 Å². The summed E-state index contributed by atoms with van der Waals surface area (Å²) in [5, 5.41) is 2.86. The van der Waals surface area contributed by atoms with Crippen molar-refractivity contribution in [1.82, 2.24) is 10.0 Å². The Labute approximate surface area is 161 Å². The predicted octanol–water partition coefficient (Wildman–Crippen LogP) is 2.20. The molecule has 2 aromatic carbocycles. The first kappa shape index (κ1) is 21.1. The summed E-state index contributed by atoms with van der Waals surface area (Å²) in [6.07, 6.45) is 0.711. The molecule has 0 saturated heterocycles. The summed E-state index contributed by atoms with van der Waals surface area (Å²) in [5.74, 6) is -0.283. The summed E-state index contributed by atoms with van der Waals surface area (Å²) in [4.78, 5) is 12.6. The highest BCUT2D eigenvalue weighted by atomic mass is 32.2. The quantitative estimate of drug-likeness (QED) is 0.643. The van der Waals surface area contributed by atoms with Crippen molar-refractivity contribution in [2.75, 3.05) is 26.8 Å². The number of ether oxygens (including phenoxy) is 1. The summed E-state index contributed by atoms with van der Waals surface area (Å²) >= 11 is 0. The molecule has 2 aromatic rings. The number of carbonyl (C=O) groups excluding carboxylic acids is 1. The van der Waals surface area contributed by atoms with Crippen molar-refractivity contribution in [2.24, 2.45) is 0 Å². The average Bonchev–Trinajstić information content (AvgIpc) is 2.62. The van der Waals surface area contributed by atoms with Crippen LogP contribution >= 0.6 is 0 Å². The Balaban J connectivity index is 2.05. The SMILES string of the molecule is COCCNS(=O)(=O)c1ccc(C)c(C(=O)NCCc2cccc(C)c2)c1. The maximum atomic E-state index is 12.5. The molecular formula is C20H26N2O4S. The lowest BCUT2D eigenvalue weighted by Crippen LogP contribution is -2.29. The zero-order chi connectivity index (χ0) is 19.9. The van der Waals surface area contributed by atoms with Gasteiger partial charge in [-0.15, -0.1) is 0 Å². The molecule has 0 spiro atoms. The summed E-state index contributed by atoms with van der Waals surface area (Å²) in [6.45, 7) is 4.73. The first-order valence-electron chi connectivity index (χ1n) is 8.76. The molecule has 0 atom stereocenters. The molecule has 1 amide bonds. The van der Waals surface area contributed by atoms with E-state index >= 15 is 0 Å². The molecule has 27 heavy (non-hydrogen) atoms. The van der Waals surface area contributed by atoms with Gasteiger partial charge >= 0.3 is 0 Å². The maximum absolute atomic E-state index is 12.5. The summed E-state index contributed by atoms with van der Waals surface area (Å²) < 4.78 is 31.9. The molecule has 146 valence electrons. The van der Waals surface area contributed by atoms with E-state index in [0.29, 0.717) is 18.5 Å². The lowest BCUT2D eigenvalue weighted by atomic mass is 10.1. The average molecular weight is 391 g/mol. The molecule has 2 rings (SSSR count). The third-order valence-electron chi connectivity index (χ3n) is 4.14. The van der Waals surface area contributed by atoms with E-state index in [1.807, 2.05) is 25.1 Å². The fourth-order valence-corrected chi connectivity index (χ4v) is 3.70. The van der Waals surface area contributed by atoms with Crippen molar-refractivity contribution in [3.8, 4) is 0 Å². The molecule has 0 bridgehead atoms. The lowest BCUT2D eigenvalue weighted by Gasteiger charge is -2.11. The normalized spacial score (nSPS) is 11.4. The van der Waals surface area contributed by atoms with Gasteiger partial charge in [0.2, 0.25) is 10.0 Å². The van der Waals surface area contributed by atoms with Crippen LogP contribution in [0.2, 0.25) is 0 Å². The van der Waals surface area contributed by atoms with Gasteiger partial charge in [-0.3, -0.25) is 4.79 Å². The van der Waals surface area contributed by atoms with Crippen LogP contribution in [0.4, 0.5) is 0 Å². The number of hydrogen-bond acceptors (Lipinski definition) is 4. The Morgan fingerprint density at radius 2 is 1.85 bits per heavy atom. The van der Waals surface area contributed by atoms with E-state index < -0.39 is 10.0 Å². The minimum absolute atomic E-state index is 0.0630. The molecule has 0 unspecified atom stereocenters. The van der Waals surface area contributed by atoms with Crippen LogP contribution in [0.25, 0.3) is 0 Å². The van der Waals surface area contributed by atoms with Crippen LogP contribution in [0.3, 0.4) is 0 Å². The largest absolute Gasteiger partial charge is 0.383 e. The van der Waals surface area contributed by atoms with E-state index in [9.17, 15) is 13.2 Å². The minimum Gasteiger partial charge on any atom is -0.383 e. The van der Waals surface area contributed by atoms with Gasteiger partial charge in [-0.25, -0.2) is 13.1 Å². The van der Waals surface area contributed by atoms with E-state index in [-0.39, 0.29) is 24.0 Å². The molecule has 7 heteroatoms. The second-order valence-corrected chi connectivity index (χ2v) is 8.13. The standard InChI is InChI=1S/C20H26N2O4S/c1-15-5-4-6-17(13-15)9-10-21-20(23)19-14-18(8-7-16(19)2)27(24,25)22-11-12-26-3/h4-8,13-14,22H,9-12H2,1-3H3,(H,21,23). The fraction of sp³-hybridized carbons (Fsp3) is 0.350. The van der Waals surface area contributed by atoms with Crippen molar-refractivity contribution in [2.45, 2.75) is 25.2 Å². The number of methoxy groups -OCH3 is 1. The molecule has 0 aliphatic rings. The van der Waals surface area contributed by atoms with Crippen molar-refractivity contribution in [3.63, 3.8) is 0 Å². The highest BCUT2D eigenvalue weighted by molar-refractivity contribution is 7.89. The van der Waals surface area contributed by atoms with Gasteiger partial charge in [0, 0.05) is 25.8 Å². The van der Waals surface area contributed by atoms with Gasteiger partial charge in [0.25, 0.3) is 5.91 Å². The molecule has 0 radical (unpaired) electrons. The Kier molecular flexibility index (Phi) is 7.53. The van der Waals surface area contributed by atoms with E-state index in [1.165, 1.54) is 24.8 Å². The molecule has 0 saturated carbocycles. The number of amides is 1. The molecule has 6 nitrogen and oxygen atoms in total. The number of sulfonamides is 1. The molecule has 0 fully saturated rings. The third kappa shape index (κ3) is 6.16. The van der Waals surface area contributed by atoms with Gasteiger partial charge in [0.05, 0.1) is 11.5 Å². The second-order valence-electron chi connectivity index (χ2n) is 6.36. The van der Waals surface area contributed by atoms with Gasteiger partial charge in [0.15, 0.2) is 0 Å². The van der Waals surface area contributed by atoms with E-state index in [0.717, 1.165) is 11.1 Å². The zero-order valence-corrected chi connectivity index (χ0v) is 16.7. The highest BCUT2D eigenvalue weighted by Crippen LogP contribution is 2.16. The van der Waals surface area contributed by atoms with Crippen LogP contribution in [0.15, 0.2) is 47.4 Å². The number of nitrogens with one attached hydrogen (secondary N) is 2. The van der Waals surface area contributed by atoms with Gasteiger partial charge in [-0.2, -0.15) is 0 Å². The Bertz CT molecular complexity index is 895. The van der Waals surface area contributed by atoms with Crippen LogP contribution in [-0.2, 0) is 21.2 Å². The van der Waals surface area contributed by atoms with Crippen LogP contribution in [0, 0.1) is 13.8 Å².